The molecule has 1 saturated heterocycles. The summed E-state index contributed by atoms with van der Waals surface area (Å²) in [5, 5.41) is 28.9. The van der Waals surface area contributed by atoms with Crippen LogP contribution in [-0.4, -0.2) is 52.2 Å². The average molecular weight is 377 g/mol. The second-order valence-corrected chi connectivity index (χ2v) is 5.71. The molecule has 1 fully saturated rings. The molecule has 1 rings (SSSR count). The summed E-state index contributed by atoms with van der Waals surface area (Å²) in [6.45, 7) is 3.46. The molecule has 0 saturated carbocycles. The fourth-order valence-corrected chi connectivity index (χ4v) is 2.77. The van der Waals surface area contributed by atoms with Crippen LogP contribution in [-0.2, 0) is 42.2 Å². The number of aliphatic hydroxyl groups excluding tert-OH is 3. The fraction of sp³-hybridized carbons (Fsp3) is 0.929. The van der Waals surface area contributed by atoms with Crippen LogP contribution < -0.4 is 0 Å². The van der Waals surface area contributed by atoms with Crippen molar-refractivity contribution in [2.75, 3.05) is 6.61 Å². The van der Waals surface area contributed by atoms with E-state index in [0.717, 1.165) is 12.8 Å². The Bertz CT molecular complexity index is 316. The normalized spacial score (nSPS) is 34.0. The SMILES string of the molecule is CC[C@H](CCC1OC(CO)C(O)C(O)C1C)CC([NH-])=O.[Y]. The second kappa shape index (κ2) is 10.2. The number of aliphatic hydroxyl groups is 3. The number of carbonyl (C=O) groups is 1. The molecule has 6 atom stereocenters. The quantitative estimate of drug-likeness (QED) is 0.610. The Labute approximate surface area is 151 Å². The van der Waals surface area contributed by atoms with E-state index in [0.29, 0.717) is 6.42 Å². The zero-order valence-electron chi connectivity index (χ0n) is 12.7. The Morgan fingerprint density at radius 1 is 1.29 bits per heavy atom. The van der Waals surface area contributed by atoms with Crippen molar-refractivity contribution in [2.24, 2.45) is 11.8 Å². The van der Waals surface area contributed by atoms with Gasteiger partial charge in [-0.1, -0.05) is 20.3 Å². The second-order valence-electron chi connectivity index (χ2n) is 5.71. The molecule has 1 aliphatic rings. The smallest absolute Gasteiger partial charge is 0.109 e. The van der Waals surface area contributed by atoms with E-state index in [1.54, 1.807) is 0 Å². The predicted octanol–water partition coefficient (Wildman–Crippen LogP) is 0.877. The van der Waals surface area contributed by atoms with Crippen molar-refractivity contribution < 1.29 is 57.6 Å². The van der Waals surface area contributed by atoms with E-state index in [9.17, 15) is 15.0 Å². The maximum atomic E-state index is 10.9. The van der Waals surface area contributed by atoms with Crippen molar-refractivity contribution in [1.29, 1.82) is 0 Å². The molecular formula is C14H26NO5Y-. The maximum Gasteiger partial charge on any atom is 0.109 e. The zero-order valence-corrected chi connectivity index (χ0v) is 15.6. The molecule has 0 spiro atoms. The molecular weight excluding hydrogens is 351 g/mol. The number of hydrogen-bond acceptors (Lipinski definition) is 5. The van der Waals surface area contributed by atoms with Gasteiger partial charge in [0, 0.05) is 44.5 Å². The van der Waals surface area contributed by atoms with Gasteiger partial charge >= 0.3 is 0 Å². The molecule has 0 aromatic carbocycles. The van der Waals surface area contributed by atoms with E-state index in [4.69, 9.17) is 15.6 Å². The standard InChI is InChI=1S/C14H27NO5.Y/c1-3-9(6-12(15)17)4-5-10-8(2)13(18)14(19)11(7-16)20-10;/h8-11,13-14,16,18-19H,3-7H2,1-2H3,(H2,15,17);/p-1/t8?,9-,10?,11?,13?,14?;/m1./s1. The fourth-order valence-electron chi connectivity index (χ4n) is 2.77. The summed E-state index contributed by atoms with van der Waals surface area (Å²) < 4.78 is 5.64. The Balaban J connectivity index is 0.00000400. The van der Waals surface area contributed by atoms with Gasteiger partial charge < -0.3 is 30.6 Å². The molecule has 4 N–H and O–H groups in total. The van der Waals surface area contributed by atoms with Crippen LogP contribution in [0.1, 0.15) is 39.5 Å². The monoisotopic (exact) mass is 377 g/mol. The van der Waals surface area contributed by atoms with E-state index in [-0.39, 0.29) is 63.7 Å². The van der Waals surface area contributed by atoms with Crippen LogP contribution in [0.15, 0.2) is 0 Å². The van der Waals surface area contributed by atoms with E-state index in [1.807, 2.05) is 13.8 Å². The van der Waals surface area contributed by atoms with Gasteiger partial charge in [-0.3, -0.25) is 0 Å². The Morgan fingerprint density at radius 3 is 2.38 bits per heavy atom. The molecule has 1 amide bonds. The van der Waals surface area contributed by atoms with Gasteiger partial charge in [0.05, 0.1) is 18.8 Å². The first-order chi connectivity index (χ1) is 9.40. The Kier molecular flexibility index (Phi) is 10.4. The van der Waals surface area contributed by atoms with Gasteiger partial charge in [0.15, 0.2) is 0 Å². The molecule has 1 heterocycles. The van der Waals surface area contributed by atoms with Gasteiger partial charge in [-0.25, -0.2) is 0 Å². The topological polar surface area (TPSA) is 111 Å². The Hall–Kier alpha value is 0.414. The number of hydrogen-bond donors (Lipinski definition) is 3. The first-order valence-corrected chi connectivity index (χ1v) is 7.27. The van der Waals surface area contributed by atoms with Crippen LogP contribution in [0.3, 0.4) is 0 Å². The molecule has 0 aromatic rings. The third kappa shape index (κ3) is 6.20. The van der Waals surface area contributed by atoms with Crippen molar-refractivity contribution >= 4 is 5.91 Å². The minimum Gasteiger partial charge on any atom is -0.668 e. The van der Waals surface area contributed by atoms with Crippen molar-refractivity contribution in [3.63, 3.8) is 0 Å². The third-order valence-corrected chi connectivity index (χ3v) is 4.30. The van der Waals surface area contributed by atoms with Crippen LogP contribution in [0.4, 0.5) is 0 Å². The molecule has 0 bridgehead atoms. The minimum atomic E-state index is -1.07. The zero-order chi connectivity index (χ0) is 15.3. The van der Waals surface area contributed by atoms with E-state index < -0.39 is 24.2 Å². The maximum absolute atomic E-state index is 10.9. The first kappa shape index (κ1) is 21.4. The third-order valence-electron chi connectivity index (χ3n) is 4.30. The predicted molar refractivity (Wildman–Crippen MR) is 73.9 cm³/mol. The van der Waals surface area contributed by atoms with Crippen LogP contribution in [0, 0.1) is 11.8 Å². The van der Waals surface area contributed by atoms with Gasteiger partial charge in [0.25, 0.3) is 0 Å². The summed E-state index contributed by atoms with van der Waals surface area (Å²) in [7, 11) is 0. The van der Waals surface area contributed by atoms with Crippen LogP contribution in [0.5, 0.6) is 0 Å². The molecule has 21 heavy (non-hydrogen) atoms. The Morgan fingerprint density at radius 2 is 1.90 bits per heavy atom. The molecule has 1 radical (unpaired) electrons. The van der Waals surface area contributed by atoms with Crippen LogP contribution in [0.25, 0.3) is 5.73 Å². The molecule has 121 valence electrons. The number of nitrogens with one attached hydrogen (secondary N) is 1. The molecule has 5 unspecified atom stereocenters. The van der Waals surface area contributed by atoms with Crippen LogP contribution in [0.2, 0.25) is 0 Å². The average Bonchev–Trinajstić information content (AvgIpc) is 2.42. The van der Waals surface area contributed by atoms with E-state index >= 15 is 0 Å². The molecule has 1 aliphatic heterocycles. The summed E-state index contributed by atoms with van der Waals surface area (Å²) in [6.07, 6.45) is -0.548. The van der Waals surface area contributed by atoms with Gasteiger partial charge in [-0.2, -0.15) is 0 Å². The summed E-state index contributed by atoms with van der Waals surface area (Å²) in [5.74, 6) is -0.637. The van der Waals surface area contributed by atoms with Crippen molar-refractivity contribution in [3.05, 3.63) is 5.73 Å². The van der Waals surface area contributed by atoms with Crippen molar-refractivity contribution in [2.45, 2.75) is 63.9 Å². The van der Waals surface area contributed by atoms with Gasteiger partial charge in [0.2, 0.25) is 0 Å². The van der Waals surface area contributed by atoms with E-state index in [2.05, 4.69) is 0 Å². The summed E-state index contributed by atoms with van der Waals surface area (Å²) in [4.78, 5) is 10.9. The van der Waals surface area contributed by atoms with Crippen molar-refractivity contribution in [3.8, 4) is 0 Å². The minimum absolute atomic E-state index is 0. The number of carbonyl (C=O) groups excluding carboxylic acids is 1. The largest absolute Gasteiger partial charge is 0.668 e. The molecule has 0 aliphatic carbocycles. The van der Waals surface area contributed by atoms with Crippen LogP contribution >= 0.6 is 0 Å². The number of amides is 1. The van der Waals surface area contributed by atoms with E-state index in [1.165, 1.54) is 0 Å². The summed E-state index contributed by atoms with van der Waals surface area (Å²) in [5.41, 5.74) is 7.02. The number of rotatable bonds is 7. The van der Waals surface area contributed by atoms with Gasteiger partial charge in [0.1, 0.15) is 12.2 Å². The van der Waals surface area contributed by atoms with Gasteiger partial charge in [-0.05, 0) is 25.2 Å². The van der Waals surface area contributed by atoms with Crippen molar-refractivity contribution in [1.82, 2.24) is 0 Å². The van der Waals surface area contributed by atoms with Gasteiger partial charge in [-0.15, -0.1) is 0 Å². The first-order valence-electron chi connectivity index (χ1n) is 7.27. The summed E-state index contributed by atoms with van der Waals surface area (Å²) >= 11 is 0. The summed E-state index contributed by atoms with van der Waals surface area (Å²) in [6, 6.07) is 0. The molecule has 0 aromatic heterocycles. The molecule has 7 heteroatoms. The number of ether oxygens (including phenoxy) is 1. The molecule has 6 nitrogen and oxygen atoms in total.